The van der Waals surface area contributed by atoms with Crippen LogP contribution in [0, 0.1) is 5.92 Å². The molecule has 0 aromatic carbocycles. The molecule has 0 heterocycles. The molecule has 0 aromatic rings. The highest BCUT2D eigenvalue weighted by atomic mass is 15.2. The topological polar surface area (TPSA) is 36.4 Å². The van der Waals surface area contributed by atoms with Crippen molar-refractivity contribution in [3.63, 3.8) is 0 Å². The van der Waals surface area contributed by atoms with Crippen molar-refractivity contribution in [1.29, 1.82) is 0 Å². The van der Waals surface area contributed by atoms with Crippen molar-refractivity contribution in [2.75, 3.05) is 13.6 Å². The maximum absolute atomic E-state index is 4.27. The average Bonchev–Trinajstić information content (AvgIpc) is 2.28. The third kappa shape index (κ3) is 5.38. The zero-order chi connectivity index (χ0) is 11.8. The molecule has 1 aliphatic rings. The maximum Gasteiger partial charge on any atom is 0.191 e. The van der Waals surface area contributed by atoms with Crippen LogP contribution in [0.4, 0.5) is 0 Å². The fourth-order valence-electron chi connectivity index (χ4n) is 2.11. The molecular weight excluding hydrogens is 198 g/mol. The fraction of sp³-hybridized carbons (Fsp3) is 0.923. The standard InChI is InChI=1S/C13H27N3/c1-11(2)9-10-15-13(14-3)16-12-7-5-4-6-8-12/h11-12H,4-10H2,1-3H3,(H2,14,15,16). The van der Waals surface area contributed by atoms with Crippen molar-refractivity contribution in [3.05, 3.63) is 0 Å². The van der Waals surface area contributed by atoms with Crippen LogP contribution in [0.15, 0.2) is 4.99 Å². The quantitative estimate of drug-likeness (QED) is 0.570. The van der Waals surface area contributed by atoms with Crippen LogP contribution in [-0.4, -0.2) is 25.6 Å². The van der Waals surface area contributed by atoms with Gasteiger partial charge < -0.3 is 10.6 Å². The molecule has 0 spiro atoms. The van der Waals surface area contributed by atoms with E-state index in [1.165, 1.54) is 38.5 Å². The summed E-state index contributed by atoms with van der Waals surface area (Å²) in [5, 5.41) is 6.91. The van der Waals surface area contributed by atoms with Gasteiger partial charge in [0.2, 0.25) is 0 Å². The molecule has 0 aliphatic heterocycles. The van der Waals surface area contributed by atoms with E-state index in [4.69, 9.17) is 0 Å². The fourth-order valence-corrected chi connectivity index (χ4v) is 2.11. The molecule has 1 aliphatic carbocycles. The Labute approximate surface area is 100 Å². The summed E-state index contributed by atoms with van der Waals surface area (Å²) in [4.78, 5) is 4.27. The van der Waals surface area contributed by atoms with Crippen molar-refractivity contribution in [1.82, 2.24) is 10.6 Å². The van der Waals surface area contributed by atoms with Gasteiger partial charge in [0, 0.05) is 19.6 Å². The zero-order valence-electron chi connectivity index (χ0n) is 11.1. The maximum atomic E-state index is 4.27. The SMILES string of the molecule is CN=C(NCCC(C)C)NC1CCCCC1. The summed E-state index contributed by atoms with van der Waals surface area (Å²) in [6, 6.07) is 0.638. The highest BCUT2D eigenvalue weighted by Gasteiger charge is 2.13. The van der Waals surface area contributed by atoms with Gasteiger partial charge in [0.1, 0.15) is 0 Å². The van der Waals surface area contributed by atoms with Gasteiger partial charge in [0.25, 0.3) is 0 Å². The Morgan fingerprint density at radius 3 is 2.50 bits per heavy atom. The third-order valence-corrected chi connectivity index (χ3v) is 3.18. The van der Waals surface area contributed by atoms with Crippen molar-refractivity contribution in [3.8, 4) is 0 Å². The van der Waals surface area contributed by atoms with E-state index in [1.807, 2.05) is 7.05 Å². The molecule has 0 unspecified atom stereocenters. The van der Waals surface area contributed by atoms with Crippen LogP contribution >= 0.6 is 0 Å². The molecular formula is C13H27N3. The second kappa shape index (κ2) is 7.53. The van der Waals surface area contributed by atoms with Crippen LogP contribution < -0.4 is 10.6 Å². The van der Waals surface area contributed by atoms with E-state index in [0.717, 1.165) is 18.4 Å². The molecule has 3 heteroatoms. The number of aliphatic imine (C=N–C) groups is 1. The van der Waals surface area contributed by atoms with Gasteiger partial charge in [0.15, 0.2) is 5.96 Å². The predicted molar refractivity (Wildman–Crippen MR) is 70.8 cm³/mol. The van der Waals surface area contributed by atoms with Crippen LogP contribution in [0.25, 0.3) is 0 Å². The lowest BCUT2D eigenvalue weighted by Crippen LogP contribution is -2.44. The second-order valence-electron chi connectivity index (χ2n) is 5.16. The van der Waals surface area contributed by atoms with Gasteiger partial charge in [-0.2, -0.15) is 0 Å². The summed E-state index contributed by atoms with van der Waals surface area (Å²) in [6.07, 6.45) is 7.92. The molecule has 0 amide bonds. The van der Waals surface area contributed by atoms with Crippen LogP contribution in [-0.2, 0) is 0 Å². The van der Waals surface area contributed by atoms with E-state index in [1.54, 1.807) is 0 Å². The van der Waals surface area contributed by atoms with E-state index >= 15 is 0 Å². The number of nitrogens with zero attached hydrogens (tertiary/aromatic N) is 1. The summed E-state index contributed by atoms with van der Waals surface area (Å²) in [5.41, 5.74) is 0. The zero-order valence-corrected chi connectivity index (χ0v) is 11.1. The van der Waals surface area contributed by atoms with Crippen molar-refractivity contribution < 1.29 is 0 Å². The Morgan fingerprint density at radius 2 is 1.94 bits per heavy atom. The minimum Gasteiger partial charge on any atom is -0.356 e. The number of hydrogen-bond acceptors (Lipinski definition) is 1. The Kier molecular flexibility index (Phi) is 6.27. The van der Waals surface area contributed by atoms with Gasteiger partial charge in [-0.15, -0.1) is 0 Å². The Bertz CT molecular complexity index is 205. The van der Waals surface area contributed by atoms with Gasteiger partial charge in [-0.25, -0.2) is 0 Å². The highest BCUT2D eigenvalue weighted by Crippen LogP contribution is 2.17. The van der Waals surface area contributed by atoms with E-state index in [-0.39, 0.29) is 0 Å². The summed E-state index contributed by atoms with van der Waals surface area (Å²) in [5.74, 6) is 1.73. The van der Waals surface area contributed by atoms with Gasteiger partial charge in [-0.1, -0.05) is 33.1 Å². The van der Waals surface area contributed by atoms with Crippen LogP contribution in [0.1, 0.15) is 52.4 Å². The van der Waals surface area contributed by atoms with Crippen molar-refractivity contribution >= 4 is 5.96 Å². The highest BCUT2D eigenvalue weighted by molar-refractivity contribution is 5.79. The number of hydrogen-bond donors (Lipinski definition) is 2. The second-order valence-corrected chi connectivity index (χ2v) is 5.16. The lowest BCUT2D eigenvalue weighted by molar-refractivity contribution is 0.409. The Hall–Kier alpha value is -0.730. The smallest absolute Gasteiger partial charge is 0.191 e. The largest absolute Gasteiger partial charge is 0.356 e. The molecule has 1 fully saturated rings. The monoisotopic (exact) mass is 225 g/mol. The number of guanidine groups is 1. The van der Waals surface area contributed by atoms with Crippen molar-refractivity contribution in [2.24, 2.45) is 10.9 Å². The first-order valence-corrected chi connectivity index (χ1v) is 6.69. The van der Waals surface area contributed by atoms with E-state index in [9.17, 15) is 0 Å². The minimum absolute atomic E-state index is 0.638. The third-order valence-electron chi connectivity index (χ3n) is 3.18. The molecule has 2 N–H and O–H groups in total. The molecule has 0 aromatic heterocycles. The first-order valence-electron chi connectivity index (χ1n) is 6.69. The molecule has 1 saturated carbocycles. The van der Waals surface area contributed by atoms with Gasteiger partial charge >= 0.3 is 0 Å². The van der Waals surface area contributed by atoms with Crippen LogP contribution in [0.3, 0.4) is 0 Å². The Morgan fingerprint density at radius 1 is 1.25 bits per heavy atom. The lowest BCUT2D eigenvalue weighted by atomic mass is 9.96. The predicted octanol–water partition coefficient (Wildman–Crippen LogP) is 2.53. The normalized spacial score (nSPS) is 18.9. The average molecular weight is 225 g/mol. The summed E-state index contributed by atoms with van der Waals surface area (Å²) >= 11 is 0. The minimum atomic E-state index is 0.638. The van der Waals surface area contributed by atoms with Crippen LogP contribution in [0.2, 0.25) is 0 Å². The van der Waals surface area contributed by atoms with E-state index in [2.05, 4.69) is 29.5 Å². The molecule has 0 bridgehead atoms. The van der Waals surface area contributed by atoms with Crippen molar-refractivity contribution in [2.45, 2.75) is 58.4 Å². The molecule has 0 radical (unpaired) electrons. The molecule has 3 nitrogen and oxygen atoms in total. The van der Waals surface area contributed by atoms with E-state index < -0.39 is 0 Å². The molecule has 1 rings (SSSR count). The molecule has 0 atom stereocenters. The Balaban J connectivity index is 2.20. The van der Waals surface area contributed by atoms with Gasteiger partial charge in [0.05, 0.1) is 0 Å². The number of nitrogens with one attached hydrogen (secondary N) is 2. The first kappa shape index (κ1) is 13.3. The van der Waals surface area contributed by atoms with Crippen LogP contribution in [0.5, 0.6) is 0 Å². The first-order chi connectivity index (χ1) is 7.72. The summed E-state index contributed by atoms with van der Waals surface area (Å²) in [6.45, 7) is 5.52. The summed E-state index contributed by atoms with van der Waals surface area (Å²) in [7, 11) is 1.85. The number of rotatable bonds is 4. The van der Waals surface area contributed by atoms with Gasteiger partial charge in [-0.05, 0) is 25.2 Å². The molecule has 16 heavy (non-hydrogen) atoms. The summed E-state index contributed by atoms with van der Waals surface area (Å²) < 4.78 is 0. The lowest BCUT2D eigenvalue weighted by Gasteiger charge is -2.25. The van der Waals surface area contributed by atoms with Gasteiger partial charge in [-0.3, -0.25) is 4.99 Å². The molecule has 0 saturated heterocycles. The molecule has 94 valence electrons. The van der Waals surface area contributed by atoms with E-state index in [0.29, 0.717) is 6.04 Å².